The Balaban J connectivity index is 0.737. The molecule has 4 heterocycles. The highest BCUT2D eigenvalue weighted by molar-refractivity contribution is 7.89. The van der Waals surface area contributed by atoms with Crippen LogP contribution >= 0.6 is 11.6 Å². The largest absolute Gasteiger partial charge is 0.489 e. The number of rotatable bonds is 16. The van der Waals surface area contributed by atoms with E-state index in [0.29, 0.717) is 53.6 Å². The molecular weight excluding hydrogens is 877 g/mol. The third kappa shape index (κ3) is 11.4. The number of piperidine rings is 1. The lowest BCUT2D eigenvalue weighted by atomic mass is 9.49. The average molecular weight is 942 g/mol. The Labute approximate surface area is 388 Å². The predicted octanol–water partition coefficient (Wildman–Crippen LogP) is 8.61. The molecule has 7 rings (SSSR count). The molecule has 2 aromatic carbocycles. The summed E-state index contributed by atoms with van der Waals surface area (Å²) in [6.45, 7) is 24.3. The number of likely N-dealkylation sites (tertiary alicyclic amines) is 1. The van der Waals surface area contributed by atoms with E-state index in [1.165, 1.54) is 29.8 Å². The summed E-state index contributed by atoms with van der Waals surface area (Å²) < 4.78 is 74.4. The maximum absolute atomic E-state index is 13.5. The van der Waals surface area contributed by atoms with Gasteiger partial charge in [-0.2, -0.15) is 17.5 Å². The normalized spacial score (nSPS) is 22.3. The Morgan fingerprint density at radius 1 is 0.800 bits per heavy atom. The topological polar surface area (TPSA) is 106 Å². The van der Waals surface area contributed by atoms with E-state index in [2.05, 4.69) is 57.5 Å². The number of ether oxygens (including phenoxy) is 1. The van der Waals surface area contributed by atoms with Gasteiger partial charge in [0.1, 0.15) is 11.9 Å². The molecule has 1 aromatic heterocycles. The second-order valence-electron chi connectivity index (χ2n) is 19.3. The van der Waals surface area contributed by atoms with Gasteiger partial charge in [-0.15, -0.1) is 0 Å². The summed E-state index contributed by atoms with van der Waals surface area (Å²) >= 11 is 6.26. The highest BCUT2D eigenvalue weighted by Crippen LogP contribution is 2.56. The number of piperazine rings is 2. The number of unbranched alkanes of at least 4 members (excludes halogenated alkanes) is 4. The van der Waals surface area contributed by atoms with Crippen LogP contribution < -0.4 is 19.9 Å². The van der Waals surface area contributed by atoms with Crippen molar-refractivity contribution in [2.24, 2.45) is 10.8 Å². The molecule has 0 unspecified atom stereocenters. The van der Waals surface area contributed by atoms with Crippen molar-refractivity contribution in [2.75, 3.05) is 88.3 Å². The number of aromatic nitrogens is 1. The number of hydrogen-bond donors (Lipinski definition) is 1. The Morgan fingerprint density at radius 2 is 1.37 bits per heavy atom. The summed E-state index contributed by atoms with van der Waals surface area (Å²) in [7, 11) is -3.48. The molecule has 4 aliphatic rings. The number of amides is 1. The number of hydrogen-bond acceptors (Lipinski definition) is 9. The van der Waals surface area contributed by atoms with Crippen LogP contribution in [0.3, 0.4) is 0 Å². The smallest absolute Gasteiger partial charge is 0.417 e. The van der Waals surface area contributed by atoms with Crippen LogP contribution in [-0.4, -0.2) is 129 Å². The number of nitrogens with one attached hydrogen (secondary N) is 1. The zero-order chi connectivity index (χ0) is 46.6. The molecule has 65 heavy (non-hydrogen) atoms. The molecule has 354 valence electrons. The van der Waals surface area contributed by atoms with Gasteiger partial charge in [0.05, 0.1) is 34.3 Å². The van der Waals surface area contributed by atoms with E-state index >= 15 is 0 Å². The second-order valence-corrected chi connectivity index (χ2v) is 21.9. The van der Waals surface area contributed by atoms with Gasteiger partial charge in [0.25, 0.3) is 5.91 Å². The summed E-state index contributed by atoms with van der Waals surface area (Å²) in [4.78, 5) is 29.7. The maximum Gasteiger partial charge on any atom is 0.417 e. The number of pyridine rings is 1. The lowest BCUT2D eigenvalue weighted by Crippen LogP contribution is -2.74. The lowest BCUT2D eigenvalue weighted by Gasteiger charge is -2.63. The zero-order valence-electron chi connectivity index (χ0n) is 38.1. The first-order valence-corrected chi connectivity index (χ1v) is 25.0. The van der Waals surface area contributed by atoms with Gasteiger partial charge in [-0.05, 0) is 94.3 Å². The molecule has 4 fully saturated rings. The first-order valence-electron chi connectivity index (χ1n) is 23.1. The van der Waals surface area contributed by atoms with Crippen molar-refractivity contribution in [3.8, 4) is 5.75 Å². The molecule has 3 saturated heterocycles. The molecule has 1 amide bonds. The molecule has 3 aliphatic heterocycles. The fraction of sp³-hybridized carbons (Fsp3) is 0.604. The van der Waals surface area contributed by atoms with E-state index in [1.54, 1.807) is 23.1 Å². The number of carbonyl (C=O) groups excluding carboxylic acids is 1. The fourth-order valence-corrected chi connectivity index (χ4v) is 12.8. The van der Waals surface area contributed by atoms with Gasteiger partial charge in [-0.3, -0.25) is 14.7 Å². The van der Waals surface area contributed by atoms with E-state index in [1.807, 2.05) is 24.3 Å². The minimum absolute atomic E-state index is 0.102. The van der Waals surface area contributed by atoms with Crippen LogP contribution in [0.2, 0.25) is 5.02 Å². The third-order valence-corrected chi connectivity index (χ3v) is 16.9. The first kappa shape index (κ1) is 48.8. The van der Waals surface area contributed by atoms with Gasteiger partial charge in [0.15, 0.2) is 0 Å². The summed E-state index contributed by atoms with van der Waals surface area (Å²) in [6, 6.07) is 14.0. The summed E-state index contributed by atoms with van der Waals surface area (Å²) in [6.07, 6.45) is 4.58. The van der Waals surface area contributed by atoms with Crippen LogP contribution in [0.15, 0.2) is 60.9 Å². The predicted molar refractivity (Wildman–Crippen MR) is 251 cm³/mol. The van der Waals surface area contributed by atoms with Crippen LogP contribution in [0.25, 0.3) is 4.85 Å². The quantitative estimate of drug-likeness (QED) is 0.112. The van der Waals surface area contributed by atoms with Gasteiger partial charge in [-0.1, -0.05) is 64.6 Å². The summed E-state index contributed by atoms with van der Waals surface area (Å²) in [5.41, 5.74) is 1.02. The number of halogens is 4. The number of alkyl halides is 3. The van der Waals surface area contributed by atoms with Crippen molar-refractivity contribution in [3.63, 3.8) is 0 Å². The maximum atomic E-state index is 13.5. The van der Waals surface area contributed by atoms with Gasteiger partial charge in [0.2, 0.25) is 15.7 Å². The fourth-order valence-electron chi connectivity index (χ4n) is 10.7. The standard InChI is InChI=1S/C48H64ClF3N8O4S/c1-46(2)44(47(3,4)45(46)64-39-15-16-42(53-5)41(49)32-39)55-43(61)35-11-13-37(14-12-35)58-25-23-57(24-26-58)20-10-8-6-7-9-19-56-21-17-40(18-22-56)65(62,63)60-29-27-59(28-30-60)38-31-36(33-54-34-38)48(50,51)52/h11-16,31-34,40,44-45H,6-10,17-30H2,1-4H3,(H,55,61). The molecule has 0 radical (unpaired) electrons. The molecular formula is C48H64ClF3N8O4S. The number of nitrogens with zero attached hydrogens (tertiary/aromatic N) is 7. The van der Waals surface area contributed by atoms with E-state index < -0.39 is 27.0 Å². The highest BCUT2D eigenvalue weighted by atomic mass is 35.5. The van der Waals surface area contributed by atoms with Gasteiger partial charge >= 0.3 is 6.18 Å². The van der Waals surface area contributed by atoms with Gasteiger partial charge in [0, 0.05) is 86.7 Å². The number of benzene rings is 2. The number of sulfonamides is 1. The van der Waals surface area contributed by atoms with Crippen molar-refractivity contribution in [3.05, 3.63) is 88.5 Å². The highest BCUT2D eigenvalue weighted by Gasteiger charge is 2.64. The number of carbonyl (C=O) groups is 1. The van der Waals surface area contributed by atoms with Crippen LogP contribution in [0.1, 0.15) is 88.6 Å². The summed E-state index contributed by atoms with van der Waals surface area (Å²) in [5.74, 6) is 0.507. The van der Waals surface area contributed by atoms with Crippen molar-refractivity contribution in [1.29, 1.82) is 0 Å². The Morgan fingerprint density at radius 3 is 1.95 bits per heavy atom. The molecule has 0 spiro atoms. The van der Waals surface area contributed by atoms with Crippen molar-refractivity contribution < 1.29 is 31.1 Å². The van der Waals surface area contributed by atoms with Gasteiger partial charge in [-0.25, -0.2) is 13.3 Å². The van der Waals surface area contributed by atoms with Crippen molar-refractivity contribution in [2.45, 2.75) is 96.2 Å². The van der Waals surface area contributed by atoms with Crippen LogP contribution in [-0.2, 0) is 16.2 Å². The SMILES string of the molecule is [C-]#[N+]c1ccc(OC2C(C)(C)C(NC(=O)c3ccc(N4CCN(CCCCCCCN5CCC(S(=O)(=O)N6CCN(c7cncc(C(F)(F)F)c7)CC6)CC5)CC4)cc3)C2(C)C)cc1Cl. The molecule has 17 heteroatoms. The zero-order valence-corrected chi connectivity index (χ0v) is 39.7. The van der Waals surface area contributed by atoms with E-state index in [9.17, 15) is 26.4 Å². The third-order valence-electron chi connectivity index (χ3n) is 14.2. The van der Waals surface area contributed by atoms with Crippen LogP contribution in [0.4, 0.5) is 30.2 Å². The molecule has 12 nitrogen and oxygen atoms in total. The van der Waals surface area contributed by atoms with E-state index in [0.717, 1.165) is 83.2 Å². The van der Waals surface area contributed by atoms with Crippen molar-refractivity contribution in [1.82, 2.24) is 24.4 Å². The average Bonchev–Trinajstić information content (AvgIpc) is 3.29. The minimum Gasteiger partial charge on any atom is -0.489 e. The minimum atomic E-state index is -4.48. The lowest BCUT2D eigenvalue weighted by molar-refractivity contribution is -0.164. The first-order chi connectivity index (χ1) is 30.9. The van der Waals surface area contributed by atoms with E-state index in [4.69, 9.17) is 22.9 Å². The Hall–Kier alpha value is -4.14. The second kappa shape index (κ2) is 20.4. The molecule has 1 saturated carbocycles. The van der Waals surface area contributed by atoms with Crippen LogP contribution in [0, 0.1) is 17.4 Å². The van der Waals surface area contributed by atoms with Gasteiger partial charge < -0.3 is 24.8 Å². The van der Waals surface area contributed by atoms with E-state index in [-0.39, 0.29) is 42.0 Å². The Kier molecular flexibility index (Phi) is 15.3. The van der Waals surface area contributed by atoms with Crippen molar-refractivity contribution >= 4 is 44.6 Å². The summed E-state index contributed by atoms with van der Waals surface area (Å²) in [5, 5.41) is 3.23. The molecule has 0 atom stereocenters. The Bertz CT molecular complexity index is 2230. The molecule has 3 aromatic rings. The number of anilines is 2. The molecule has 1 aliphatic carbocycles. The monoisotopic (exact) mass is 940 g/mol. The van der Waals surface area contributed by atoms with Crippen LogP contribution in [0.5, 0.6) is 5.75 Å². The molecule has 1 N–H and O–H groups in total. The molecule has 0 bridgehead atoms.